The van der Waals surface area contributed by atoms with Crippen molar-refractivity contribution in [2.75, 3.05) is 26.2 Å². The first-order valence-corrected chi connectivity index (χ1v) is 14.1. The molecule has 2 aromatic rings. The molecular weight excluding hydrogens is 416 g/mol. The molecule has 0 spiro atoms. The maximum absolute atomic E-state index is 13.4. The number of hydrogen-bond donors (Lipinski definition) is 0. The predicted octanol–water partition coefficient (Wildman–Crippen LogP) is 4.46. The minimum absolute atomic E-state index is 0.224. The summed E-state index contributed by atoms with van der Waals surface area (Å²) in [4.78, 5) is 26.1. The first-order valence-electron chi connectivity index (χ1n) is 13.2. The Labute approximate surface area is 195 Å². The molecule has 174 valence electrons. The van der Waals surface area contributed by atoms with E-state index < -0.39 is 0 Å². The molecule has 1 aliphatic heterocycles. The second kappa shape index (κ2) is 9.19. The van der Waals surface area contributed by atoms with Crippen LogP contribution in [0.4, 0.5) is 0 Å². The molecule has 2 aromatic heterocycles. The summed E-state index contributed by atoms with van der Waals surface area (Å²) in [7, 11) is 0. The third kappa shape index (κ3) is 4.07. The Kier molecular flexibility index (Phi) is 6.12. The second-order valence-electron chi connectivity index (χ2n) is 10.8. The number of aryl methyl sites for hydroxylation is 1. The summed E-state index contributed by atoms with van der Waals surface area (Å²) in [5.74, 6) is 0.655. The lowest BCUT2D eigenvalue weighted by Crippen LogP contribution is -2.53. The van der Waals surface area contributed by atoms with Crippen molar-refractivity contribution in [3.63, 3.8) is 0 Å². The summed E-state index contributed by atoms with van der Waals surface area (Å²) >= 11 is 1.80. The van der Waals surface area contributed by atoms with Crippen LogP contribution in [0.25, 0.3) is 10.2 Å². The number of piperazine rings is 1. The molecule has 0 aromatic carbocycles. The molecule has 3 aliphatic carbocycles. The fraction of sp³-hybridized carbons (Fsp3) is 0.769. The summed E-state index contributed by atoms with van der Waals surface area (Å²) < 4.78 is 1.93. The highest BCUT2D eigenvalue weighted by Gasteiger charge is 2.32. The Hall–Kier alpha value is -1.24. The summed E-state index contributed by atoms with van der Waals surface area (Å²) in [6.07, 6.45) is 17.4. The number of rotatable bonds is 4. The zero-order valence-electron chi connectivity index (χ0n) is 19.4. The van der Waals surface area contributed by atoms with Gasteiger partial charge in [0.05, 0.1) is 11.7 Å². The Morgan fingerprint density at radius 2 is 1.56 bits per heavy atom. The molecule has 1 unspecified atom stereocenters. The Bertz CT molecular complexity index is 993. The quantitative estimate of drug-likeness (QED) is 0.684. The van der Waals surface area contributed by atoms with E-state index in [1.54, 1.807) is 11.3 Å². The van der Waals surface area contributed by atoms with Crippen LogP contribution in [0.5, 0.6) is 0 Å². The van der Waals surface area contributed by atoms with Crippen LogP contribution in [-0.4, -0.2) is 57.6 Å². The molecule has 1 atom stereocenters. The van der Waals surface area contributed by atoms with E-state index in [-0.39, 0.29) is 5.56 Å². The molecule has 6 heteroatoms. The van der Waals surface area contributed by atoms with E-state index in [1.807, 2.05) is 10.9 Å². The van der Waals surface area contributed by atoms with Gasteiger partial charge in [-0.25, -0.2) is 4.98 Å². The maximum Gasteiger partial charge on any atom is 0.262 e. The third-order valence-corrected chi connectivity index (χ3v) is 10.1. The fourth-order valence-electron chi connectivity index (χ4n) is 7.01. The van der Waals surface area contributed by atoms with Gasteiger partial charge < -0.3 is 0 Å². The standard InChI is InChI=1S/C26H38N4OS/c31-26-24-22-11-10-21(29-14-12-28(13-15-29)20-8-4-5-9-20)16-23(22)32-25(24)27-18-30(26)17-19-6-2-1-3-7-19/h18-21H,1-17H2. The van der Waals surface area contributed by atoms with Crippen LogP contribution in [0.1, 0.15) is 74.6 Å². The van der Waals surface area contributed by atoms with Gasteiger partial charge in [-0.1, -0.05) is 32.1 Å². The van der Waals surface area contributed by atoms with E-state index in [0.29, 0.717) is 12.0 Å². The average Bonchev–Trinajstić information content (AvgIpc) is 3.50. The van der Waals surface area contributed by atoms with E-state index >= 15 is 0 Å². The Balaban J connectivity index is 1.16. The molecule has 0 amide bonds. The van der Waals surface area contributed by atoms with Crippen LogP contribution in [0.15, 0.2) is 11.1 Å². The van der Waals surface area contributed by atoms with E-state index in [2.05, 4.69) is 9.80 Å². The molecule has 32 heavy (non-hydrogen) atoms. The van der Waals surface area contributed by atoms with E-state index in [1.165, 1.54) is 101 Å². The van der Waals surface area contributed by atoms with Gasteiger partial charge in [0.2, 0.25) is 0 Å². The van der Waals surface area contributed by atoms with Gasteiger partial charge in [-0.15, -0.1) is 11.3 Å². The topological polar surface area (TPSA) is 41.4 Å². The summed E-state index contributed by atoms with van der Waals surface area (Å²) in [6.45, 7) is 5.78. The van der Waals surface area contributed by atoms with Crippen molar-refractivity contribution in [1.29, 1.82) is 0 Å². The molecule has 0 radical (unpaired) electrons. The Morgan fingerprint density at radius 3 is 2.31 bits per heavy atom. The highest BCUT2D eigenvalue weighted by Crippen LogP contribution is 2.36. The number of fused-ring (bicyclic) bond motifs is 3. The van der Waals surface area contributed by atoms with Crippen molar-refractivity contribution < 1.29 is 0 Å². The lowest BCUT2D eigenvalue weighted by atomic mass is 9.89. The third-order valence-electron chi connectivity index (χ3n) is 8.90. The number of aromatic nitrogens is 2. The van der Waals surface area contributed by atoms with Crippen molar-refractivity contribution in [2.24, 2.45) is 5.92 Å². The van der Waals surface area contributed by atoms with Gasteiger partial charge in [0, 0.05) is 49.7 Å². The van der Waals surface area contributed by atoms with Gasteiger partial charge in [-0.2, -0.15) is 0 Å². The van der Waals surface area contributed by atoms with Gasteiger partial charge >= 0.3 is 0 Å². The molecular formula is C26H38N4OS. The summed E-state index contributed by atoms with van der Waals surface area (Å²) in [6, 6.07) is 1.50. The van der Waals surface area contributed by atoms with Crippen molar-refractivity contribution in [3.8, 4) is 0 Å². The number of nitrogens with zero attached hydrogens (tertiary/aromatic N) is 4. The molecule has 2 saturated carbocycles. The van der Waals surface area contributed by atoms with Crippen molar-refractivity contribution >= 4 is 21.6 Å². The maximum atomic E-state index is 13.4. The van der Waals surface area contributed by atoms with Crippen LogP contribution in [0.2, 0.25) is 0 Å². The molecule has 3 fully saturated rings. The molecule has 0 N–H and O–H groups in total. The second-order valence-corrected chi connectivity index (χ2v) is 11.9. The zero-order valence-corrected chi connectivity index (χ0v) is 20.3. The average molecular weight is 455 g/mol. The van der Waals surface area contributed by atoms with Gasteiger partial charge in [0.15, 0.2) is 0 Å². The molecule has 5 nitrogen and oxygen atoms in total. The van der Waals surface area contributed by atoms with Crippen LogP contribution < -0.4 is 5.56 Å². The minimum Gasteiger partial charge on any atom is -0.298 e. The van der Waals surface area contributed by atoms with Gasteiger partial charge in [-0.05, 0) is 56.4 Å². The first-order chi connectivity index (χ1) is 15.8. The van der Waals surface area contributed by atoms with Crippen LogP contribution in [0, 0.1) is 5.92 Å². The molecule has 3 heterocycles. The van der Waals surface area contributed by atoms with Gasteiger partial charge in [-0.3, -0.25) is 19.2 Å². The minimum atomic E-state index is 0.224. The smallest absolute Gasteiger partial charge is 0.262 e. The normalized spacial score (nSPS) is 26.7. The van der Waals surface area contributed by atoms with Crippen LogP contribution >= 0.6 is 11.3 Å². The SMILES string of the molecule is O=c1c2c3c(sc2ncn1CC1CCCCC1)CC(N1CCN(C2CCCC2)CC1)CC3. The summed E-state index contributed by atoms with van der Waals surface area (Å²) in [5, 5.41) is 0.952. The van der Waals surface area contributed by atoms with Gasteiger partial charge in [0.1, 0.15) is 4.83 Å². The molecule has 1 saturated heterocycles. The van der Waals surface area contributed by atoms with Crippen molar-refractivity contribution in [3.05, 3.63) is 27.1 Å². The van der Waals surface area contributed by atoms with Gasteiger partial charge in [0.25, 0.3) is 5.56 Å². The highest BCUT2D eigenvalue weighted by atomic mass is 32.1. The Morgan fingerprint density at radius 1 is 0.875 bits per heavy atom. The number of hydrogen-bond acceptors (Lipinski definition) is 5. The largest absolute Gasteiger partial charge is 0.298 e. The monoisotopic (exact) mass is 454 g/mol. The van der Waals surface area contributed by atoms with Crippen molar-refractivity contribution in [2.45, 2.75) is 95.7 Å². The summed E-state index contributed by atoms with van der Waals surface area (Å²) in [5.41, 5.74) is 1.56. The lowest BCUT2D eigenvalue weighted by Gasteiger charge is -2.42. The van der Waals surface area contributed by atoms with E-state index in [9.17, 15) is 4.79 Å². The molecule has 4 aliphatic rings. The van der Waals surface area contributed by atoms with Crippen molar-refractivity contribution in [1.82, 2.24) is 19.4 Å². The zero-order chi connectivity index (χ0) is 21.5. The predicted molar refractivity (Wildman–Crippen MR) is 132 cm³/mol. The van der Waals surface area contributed by atoms with E-state index in [0.717, 1.165) is 35.6 Å². The van der Waals surface area contributed by atoms with Crippen LogP contribution in [0.3, 0.4) is 0 Å². The van der Waals surface area contributed by atoms with Crippen LogP contribution in [-0.2, 0) is 19.4 Å². The van der Waals surface area contributed by atoms with E-state index in [4.69, 9.17) is 4.98 Å². The fourth-order valence-corrected chi connectivity index (χ4v) is 8.26. The first kappa shape index (κ1) is 21.3. The molecule has 0 bridgehead atoms. The lowest BCUT2D eigenvalue weighted by molar-refractivity contribution is 0.0661. The number of thiophene rings is 1. The molecule has 6 rings (SSSR count). The highest BCUT2D eigenvalue weighted by molar-refractivity contribution is 7.18.